The fourth-order valence-corrected chi connectivity index (χ4v) is 3.85. The van der Waals surface area contributed by atoms with E-state index >= 15 is 0 Å². The van der Waals surface area contributed by atoms with Crippen LogP contribution in [0.4, 0.5) is 0 Å². The lowest BCUT2D eigenvalue weighted by molar-refractivity contribution is -0.133. The molecule has 5 nitrogen and oxygen atoms in total. The maximum Gasteiger partial charge on any atom is 0.222 e. The van der Waals surface area contributed by atoms with Gasteiger partial charge in [-0.25, -0.2) is 0 Å². The number of carbonyl (C=O) groups excluding carboxylic acids is 1. The second-order valence-corrected chi connectivity index (χ2v) is 6.83. The van der Waals surface area contributed by atoms with Crippen LogP contribution in [0.25, 0.3) is 0 Å². The summed E-state index contributed by atoms with van der Waals surface area (Å²) in [5.74, 6) is 1.08. The van der Waals surface area contributed by atoms with Crippen LogP contribution in [-0.2, 0) is 11.2 Å². The molecule has 0 spiro atoms. The summed E-state index contributed by atoms with van der Waals surface area (Å²) in [6.07, 6.45) is 4.27. The van der Waals surface area contributed by atoms with E-state index in [1.54, 1.807) is 7.11 Å². The third-order valence-corrected chi connectivity index (χ3v) is 5.37. The molecular weight excluding hydrogens is 304 g/mol. The van der Waals surface area contributed by atoms with Gasteiger partial charge in [-0.15, -0.1) is 0 Å². The van der Waals surface area contributed by atoms with Gasteiger partial charge in [0.15, 0.2) is 0 Å². The summed E-state index contributed by atoms with van der Waals surface area (Å²) in [7, 11) is 1.66. The summed E-state index contributed by atoms with van der Waals surface area (Å²) in [5, 5.41) is 10.0. The number of carbonyl (C=O) groups is 1. The van der Waals surface area contributed by atoms with Crippen LogP contribution >= 0.6 is 0 Å². The van der Waals surface area contributed by atoms with Gasteiger partial charge in [-0.2, -0.15) is 0 Å². The van der Waals surface area contributed by atoms with Crippen LogP contribution in [0, 0.1) is 0 Å². The lowest BCUT2D eigenvalue weighted by atomic mass is 10.1. The van der Waals surface area contributed by atoms with Crippen LogP contribution in [-0.4, -0.2) is 66.2 Å². The zero-order valence-corrected chi connectivity index (χ0v) is 14.5. The fraction of sp³-hybridized carbons (Fsp3) is 0.632. The molecule has 132 valence electrons. The number of methoxy groups -OCH3 is 1. The first kappa shape index (κ1) is 17.2. The van der Waals surface area contributed by atoms with Gasteiger partial charge < -0.3 is 14.7 Å². The van der Waals surface area contributed by atoms with Crippen molar-refractivity contribution < 1.29 is 14.6 Å². The summed E-state index contributed by atoms with van der Waals surface area (Å²) >= 11 is 0. The molecule has 2 atom stereocenters. The van der Waals surface area contributed by atoms with Crippen molar-refractivity contribution >= 4 is 5.91 Å². The van der Waals surface area contributed by atoms with E-state index in [0.29, 0.717) is 12.5 Å². The summed E-state index contributed by atoms with van der Waals surface area (Å²) < 4.78 is 5.15. The zero-order valence-electron chi connectivity index (χ0n) is 14.5. The quantitative estimate of drug-likeness (QED) is 0.891. The van der Waals surface area contributed by atoms with Gasteiger partial charge in [-0.1, -0.05) is 12.1 Å². The van der Waals surface area contributed by atoms with Gasteiger partial charge >= 0.3 is 0 Å². The van der Waals surface area contributed by atoms with E-state index in [-0.39, 0.29) is 12.0 Å². The van der Waals surface area contributed by atoms with E-state index in [2.05, 4.69) is 4.90 Å². The molecule has 0 bridgehead atoms. The van der Waals surface area contributed by atoms with E-state index in [9.17, 15) is 9.90 Å². The van der Waals surface area contributed by atoms with Gasteiger partial charge in [-0.3, -0.25) is 9.69 Å². The van der Waals surface area contributed by atoms with Gasteiger partial charge in [0, 0.05) is 38.6 Å². The van der Waals surface area contributed by atoms with Crippen LogP contribution < -0.4 is 4.74 Å². The molecule has 0 aromatic heterocycles. The third kappa shape index (κ3) is 4.08. The number of ether oxygens (including phenoxy) is 1. The molecule has 1 aliphatic carbocycles. The number of nitrogens with zero attached hydrogens (tertiary/aromatic N) is 2. The van der Waals surface area contributed by atoms with Gasteiger partial charge in [-0.05, 0) is 43.4 Å². The van der Waals surface area contributed by atoms with E-state index in [1.807, 2.05) is 29.2 Å². The molecule has 1 aromatic rings. The Bertz CT molecular complexity index is 538. The van der Waals surface area contributed by atoms with Crippen molar-refractivity contribution in [2.45, 2.75) is 44.2 Å². The number of rotatable bonds is 5. The van der Waals surface area contributed by atoms with E-state index < -0.39 is 0 Å². The molecule has 1 amide bonds. The van der Waals surface area contributed by atoms with Crippen molar-refractivity contribution in [1.82, 2.24) is 9.80 Å². The Morgan fingerprint density at radius 2 is 1.88 bits per heavy atom. The number of aryl methyl sites for hydroxylation is 1. The maximum atomic E-state index is 12.4. The molecule has 3 rings (SSSR count). The molecule has 1 aliphatic heterocycles. The van der Waals surface area contributed by atoms with Crippen molar-refractivity contribution in [2.75, 3.05) is 33.3 Å². The standard InChI is InChI=1S/C19H28N2O3/c1-24-16-8-5-15(6-9-16)7-10-19(23)21-13-11-20(12-14-21)17-3-2-4-18(17)22/h5-6,8-9,17-18,22H,2-4,7,10-14H2,1H3/t17-,18+/m1/s1. The maximum absolute atomic E-state index is 12.4. The Morgan fingerprint density at radius 1 is 1.17 bits per heavy atom. The van der Waals surface area contributed by atoms with Crippen molar-refractivity contribution in [3.8, 4) is 5.75 Å². The Morgan fingerprint density at radius 3 is 2.46 bits per heavy atom. The first-order valence-electron chi connectivity index (χ1n) is 9.00. The number of piperazine rings is 1. The molecule has 1 aromatic carbocycles. The Hall–Kier alpha value is -1.59. The molecule has 1 saturated heterocycles. The highest BCUT2D eigenvalue weighted by Crippen LogP contribution is 2.25. The highest BCUT2D eigenvalue weighted by Gasteiger charge is 2.33. The largest absolute Gasteiger partial charge is 0.497 e. The van der Waals surface area contributed by atoms with Crippen LogP contribution in [0.1, 0.15) is 31.2 Å². The third-order valence-electron chi connectivity index (χ3n) is 5.37. The molecule has 2 aliphatic rings. The van der Waals surface area contributed by atoms with Gasteiger partial charge in [0.2, 0.25) is 5.91 Å². The summed E-state index contributed by atoms with van der Waals surface area (Å²) in [4.78, 5) is 16.8. The van der Waals surface area contributed by atoms with Crippen LogP contribution in [0.3, 0.4) is 0 Å². The average Bonchev–Trinajstić information content (AvgIpc) is 3.06. The molecule has 0 unspecified atom stereocenters. The number of aliphatic hydroxyl groups excluding tert-OH is 1. The van der Waals surface area contributed by atoms with E-state index in [4.69, 9.17) is 4.74 Å². The van der Waals surface area contributed by atoms with Gasteiger partial charge in [0.05, 0.1) is 13.2 Å². The minimum absolute atomic E-state index is 0.178. The van der Waals surface area contributed by atoms with Crippen molar-refractivity contribution in [3.63, 3.8) is 0 Å². The second kappa shape index (κ2) is 7.99. The average molecular weight is 332 g/mol. The summed E-state index contributed by atoms with van der Waals surface area (Å²) in [6, 6.07) is 8.22. The first-order valence-corrected chi connectivity index (χ1v) is 9.00. The van der Waals surface area contributed by atoms with Crippen LogP contribution in [0.5, 0.6) is 5.75 Å². The molecule has 24 heavy (non-hydrogen) atoms. The minimum atomic E-state index is -0.178. The smallest absolute Gasteiger partial charge is 0.222 e. The highest BCUT2D eigenvalue weighted by molar-refractivity contribution is 5.76. The van der Waals surface area contributed by atoms with E-state index in [1.165, 1.54) is 0 Å². The minimum Gasteiger partial charge on any atom is -0.497 e. The first-order chi connectivity index (χ1) is 11.7. The fourth-order valence-electron chi connectivity index (χ4n) is 3.85. The SMILES string of the molecule is COc1ccc(CCC(=O)N2CCN([C@@H]3CCC[C@@H]3O)CC2)cc1. The highest BCUT2D eigenvalue weighted by atomic mass is 16.5. The Balaban J connectivity index is 1.43. The van der Waals surface area contributed by atoms with Gasteiger partial charge in [0.25, 0.3) is 0 Å². The monoisotopic (exact) mass is 332 g/mol. The van der Waals surface area contributed by atoms with Crippen molar-refractivity contribution in [2.24, 2.45) is 0 Å². The molecule has 5 heteroatoms. The van der Waals surface area contributed by atoms with Crippen LogP contribution in [0.2, 0.25) is 0 Å². The number of hydrogen-bond acceptors (Lipinski definition) is 4. The van der Waals surface area contributed by atoms with Crippen molar-refractivity contribution in [1.29, 1.82) is 0 Å². The summed E-state index contributed by atoms with van der Waals surface area (Å²) in [5.41, 5.74) is 1.16. The molecule has 1 N–H and O–H groups in total. The van der Waals surface area contributed by atoms with Crippen LogP contribution in [0.15, 0.2) is 24.3 Å². The number of amides is 1. The number of hydrogen-bond donors (Lipinski definition) is 1. The normalized spacial score (nSPS) is 25.0. The zero-order chi connectivity index (χ0) is 16.9. The van der Waals surface area contributed by atoms with Gasteiger partial charge in [0.1, 0.15) is 5.75 Å². The second-order valence-electron chi connectivity index (χ2n) is 6.83. The number of benzene rings is 1. The number of aliphatic hydroxyl groups is 1. The Kier molecular flexibility index (Phi) is 5.74. The molecule has 1 saturated carbocycles. The molecule has 2 fully saturated rings. The molecule has 1 heterocycles. The lowest BCUT2D eigenvalue weighted by Gasteiger charge is -2.39. The molecular formula is C19H28N2O3. The summed E-state index contributed by atoms with van der Waals surface area (Å²) in [6.45, 7) is 3.33. The van der Waals surface area contributed by atoms with E-state index in [0.717, 1.165) is 63.2 Å². The predicted octanol–water partition coefficient (Wildman–Crippen LogP) is 1.69. The predicted molar refractivity (Wildman–Crippen MR) is 93.1 cm³/mol. The van der Waals surface area contributed by atoms with Crippen molar-refractivity contribution in [3.05, 3.63) is 29.8 Å². The topological polar surface area (TPSA) is 53.0 Å². The Labute approximate surface area is 144 Å². The molecule has 0 radical (unpaired) electrons. The lowest BCUT2D eigenvalue weighted by Crippen LogP contribution is -2.53.